The molecule has 0 unspecified atom stereocenters. The van der Waals surface area contributed by atoms with Gasteiger partial charge in [0.25, 0.3) is 0 Å². The maximum absolute atomic E-state index is 5.77. The number of rotatable bonds is 3. The molecule has 1 rings (SSSR count). The highest BCUT2D eigenvalue weighted by Gasteiger charge is 2.14. The van der Waals surface area contributed by atoms with Gasteiger partial charge < -0.3 is 16.4 Å². The number of halogens is 1. The molecule has 0 bridgehead atoms. The molecule has 4 heteroatoms. The number of likely N-dealkylation sites (tertiary alicyclic amines) is 1. The minimum Gasteiger partial charge on any atom is -0.330 e. The topological polar surface area (TPSA) is 55.3 Å². The maximum atomic E-state index is 5.77. The summed E-state index contributed by atoms with van der Waals surface area (Å²) < 4.78 is 0. The lowest BCUT2D eigenvalue weighted by atomic mass is 10.1. The maximum Gasteiger partial charge on any atom is 0.00631 e. The second kappa shape index (κ2) is 6.66. The molecule has 0 aromatic heterocycles. The number of nitrogens with zero attached hydrogens (tertiary/aromatic N) is 1. The summed E-state index contributed by atoms with van der Waals surface area (Å²) >= 11 is 0. The molecule has 3 nitrogen and oxygen atoms in total. The monoisotopic (exact) mass is 193 g/mol. The van der Waals surface area contributed by atoms with Crippen molar-refractivity contribution in [1.82, 2.24) is 4.90 Å². The van der Waals surface area contributed by atoms with Crippen molar-refractivity contribution in [1.29, 1.82) is 0 Å². The number of hydrogen-bond acceptors (Lipinski definition) is 3. The van der Waals surface area contributed by atoms with E-state index in [4.69, 9.17) is 11.5 Å². The van der Waals surface area contributed by atoms with Crippen LogP contribution in [-0.4, -0.2) is 37.1 Å². The molecule has 0 aromatic carbocycles. The Morgan fingerprint density at radius 2 is 1.83 bits per heavy atom. The van der Waals surface area contributed by atoms with Crippen LogP contribution in [0.3, 0.4) is 0 Å². The minimum atomic E-state index is 0. The zero-order valence-corrected chi connectivity index (χ0v) is 8.35. The van der Waals surface area contributed by atoms with Crippen LogP contribution in [0.15, 0.2) is 0 Å². The van der Waals surface area contributed by atoms with Gasteiger partial charge in [0.05, 0.1) is 0 Å². The predicted molar refractivity (Wildman–Crippen MR) is 54.6 cm³/mol. The molecule has 0 aliphatic carbocycles. The summed E-state index contributed by atoms with van der Waals surface area (Å²) in [5.41, 5.74) is 11.2. The van der Waals surface area contributed by atoms with Crippen LogP contribution in [0.4, 0.5) is 0 Å². The Balaban J connectivity index is 0.00000121. The highest BCUT2D eigenvalue weighted by Crippen LogP contribution is 2.07. The zero-order valence-electron chi connectivity index (χ0n) is 7.54. The van der Waals surface area contributed by atoms with Crippen molar-refractivity contribution in [2.75, 3.05) is 26.2 Å². The molecule has 0 atom stereocenters. The van der Waals surface area contributed by atoms with Crippen molar-refractivity contribution in [2.45, 2.75) is 25.3 Å². The Morgan fingerprint density at radius 3 is 2.33 bits per heavy atom. The molecule has 4 N–H and O–H groups in total. The summed E-state index contributed by atoms with van der Waals surface area (Å²) in [5.74, 6) is 0. The van der Waals surface area contributed by atoms with Crippen LogP contribution in [0.2, 0.25) is 0 Å². The Labute approximate surface area is 80.9 Å². The molecule has 0 saturated carbocycles. The van der Waals surface area contributed by atoms with Crippen LogP contribution >= 0.6 is 12.4 Å². The number of nitrogens with two attached hydrogens (primary N) is 2. The lowest BCUT2D eigenvalue weighted by Crippen LogP contribution is -2.40. The third-order valence-electron chi connectivity index (χ3n) is 2.31. The minimum absolute atomic E-state index is 0. The standard InChI is InChI=1S/C8H19N3.ClH/c9-4-1-5-11-6-2-8(10)3-7-11;/h8H,1-7,9-10H2;1H. The van der Waals surface area contributed by atoms with Crippen LogP contribution in [0, 0.1) is 0 Å². The molecule has 0 amide bonds. The van der Waals surface area contributed by atoms with E-state index in [1.54, 1.807) is 0 Å². The van der Waals surface area contributed by atoms with Crippen LogP contribution < -0.4 is 11.5 Å². The van der Waals surface area contributed by atoms with Crippen molar-refractivity contribution in [3.05, 3.63) is 0 Å². The van der Waals surface area contributed by atoms with E-state index in [2.05, 4.69) is 4.90 Å². The average molecular weight is 194 g/mol. The van der Waals surface area contributed by atoms with E-state index in [1.807, 2.05) is 0 Å². The molecular formula is C8H20ClN3. The van der Waals surface area contributed by atoms with E-state index in [0.717, 1.165) is 32.4 Å². The van der Waals surface area contributed by atoms with Crippen molar-refractivity contribution in [2.24, 2.45) is 11.5 Å². The van der Waals surface area contributed by atoms with Crippen molar-refractivity contribution in [3.8, 4) is 0 Å². The smallest absolute Gasteiger partial charge is 0.00631 e. The average Bonchev–Trinajstić information content (AvgIpc) is 2.04. The normalized spacial score (nSPS) is 20.5. The highest BCUT2D eigenvalue weighted by molar-refractivity contribution is 5.85. The van der Waals surface area contributed by atoms with Gasteiger partial charge >= 0.3 is 0 Å². The fourth-order valence-corrected chi connectivity index (χ4v) is 1.49. The zero-order chi connectivity index (χ0) is 8.10. The largest absolute Gasteiger partial charge is 0.330 e. The van der Waals surface area contributed by atoms with Gasteiger partial charge in [-0.15, -0.1) is 12.4 Å². The van der Waals surface area contributed by atoms with Crippen molar-refractivity contribution < 1.29 is 0 Å². The van der Waals surface area contributed by atoms with E-state index in [9.17, 15) is 0 Å². The second-order valence-corrected chi connectivity index (χ2v) is 3.32. The molecule has 0 radical (unpaired) electrons. The van der Waals surface area contributed by atoms with Gasteiger partial charge in [0.1, 0.15) is 0 Å². The third-order valence-corrected chi connectivity index (χ3v) is 2.31. The fourth-order valence-electron chi connectivity index (χ4n) is 1.49. The molecule has 1 aliphatic rings. The lowest BCUT2D eigenvalue weighted by molar-refractivity contribution is 0.212. The van der Waals surface area contributed by atoms with Crippen LogP contribution in [-0.2, 0) is 0 Å². The summed E-state index contributed by atoms with van der Waals surface area (Å²) in [6, 6.07) is 0.448. The Bertz CT molecular complexity index is 99.7. The van der Waals surface area contributed by atoms with Crippen LogP contribution in [0.1, 0.15) is 19.3 Å². The van der Waals surface area contributed by atoms with Gasteiger partial charge in [-0.05, 0) is 45.4 Å². The van der Waals surface area contributed by atoms with Gasteiger partial charge in [-0.25, -0.2) is 0 Å². The summed E-state index contributed by atoms with van der Waals surface area (Å²) in [4.78, 5) is 2.45. The SMILES string of the molecule is Cl.NCCCN1CCC(N)CC1. The predicted octanol–water partition coefficient (Wildman–Crippen LogP) is 0.180. The Morgan fingerprint density at radius 1 is 1.25 bits per heavy atom. The molecule has 0 spiro atoms. The fraction of sp³-hybridized carbons (Fsp3) is 1.00. The molecular weight excluding hydrogens is 174 g/mol. The van der Waals surface area contributed by atoms with E-state index in [1.165, 1.54) is 13.1 Å². The first kappa shape index (κ1) is 12.2. The summed E-state index contributed by atoms with van der Waals surface area (Å²) in [5, 5.41) is 0. The van der Waals surface area contributed by atoms with Crippen molar-refractivity contribution >= 4 is 12.4 Å². The molecule has 74 valence electrons. The van der Waals surface area contributed by atoms with Crippen molar-refractivity contribution in [3.63, 3.8) is 0 Å². The van der Waals surface area contributed by atoms with Gasteiger partial charge in [-0.1, -0.05) is 0 Å². The first-order valence-corrected chi connectivity index (χ1v) is 4.51. The van der Waals surface area contributed by atoms with Gasteiger partial charge in [-0.2, -0.15) is 0 Å². The first-order chi connectivity index (χ1) is 5.33. The first-order valence-electron chi connectivity index (χ1n) is 4.51. The molecule has 0 aromatic rings. The van der Waals surface area contributed by atoms with Gasteiger partial charge in [-0.3, -0.25) is 0 Å². The summed E-state index contributed by atoms with van der Waals surface area (Å²) in [7, 11) is 0. The lowest BCUT2D eigenvalue weighted by Gasteiger charge is -2.29. The quantitative estimate of drug-likeness (QED) is 0.673. The number of piperidine rings is 1. The molecule has 1 heterocycles. The van der Waals surface area contributed by atoms with E-state index < -0.39 is 0 Å². The van der Waals surface area contributed by atoms with Crippen LogP contribution in [0.5, 0.6) is 0 Å². The molecule has 12 heavy (non-hydrogen) atoms. The second-order valence-electron chi connectivity index (χ2n) is 3.32. The molecule has 1 saturated heterocycles. The Kier molecular flexibility index (Phi) is 6.76. The number of hydrogen-bond donors (Lipinski definition) is 2. The summed E-state index contributed by atoms with van der Waals surface area (Å²) in [6.45, 7) is 4.30. The van der Waals surface area contributed by atoms with E-state index in [-0.39, 0.29) is 12.4 Å². The van der Waals surface area contributed by atoms with Crippen LogP contribution in [0.25, 0.3) is 0 Å². The highest BCUT2D eigenvalue weighted by atomic mass is 35.5. The van der Waals surface area contributed by atoms with E-state index >= 15 is 0 Å². The molecule has 1 fully saturated rings. The molecule has 1 aliphatic heterocycles. The van der Waals surface area contributed by atoms with Gasteiger partial charge in [0.2, 0.25) is 0 Å². The van der Waals surface area contributed by atoms with E-state index in [0.29, 0.717) is 6.04 Å². The Hall–Kier alpha value is 0.170. The van der Waals surface area contributed by atoms with Gasteiger partial charge in [0, 0.05) is 6.04 Å². The van der Waals surface area contributed by atoms with Gasteiger partial charge in [0.15, 0.2) is 0 Å². The summed E-state index contributed by atoms with van der Waals surface area (Å²) in [6.07, 6.45) is 3.43. The third kappa shape index (κ3) is 4.26.